The Morgan fingerprint density at radius 1 is 0.429 bits per heavy atom. The minimum atomic E-state index is -2.25. The molecular weight excluding hydrogens is 629 g/mol. The monoisotopic (exact) mass is 655 g/mol. The summed E-state index contributed by atoms with van der Waals surface area (Å²) in [5, 5.41) is 13.7. The molecule has 0 saturated heterocycles. The molecule has 0 fully saturated rings. The van der Waals surface area contributed by atoms with Gasteiger partial charge in [0, 0.05) is 27.1 Å². The van der Waals surface area contributed by atoms with Crippen molar-refractivity contribution in [2.24, 2.45) is 0 Å². The van der Waals surface area contributed by atoms with E-state index in [1.54, 1.807) is 9.13 Å². The fraction of sp³-hybridized carbons (Fsp3) is 0.0976. The van der Waals surface area contributed by atoms with Crippen LogP contribution in [0.5, 0.6) is 0 Å². The van der Waals surface area contributed by atoms with E-state index in [9.17, 15) is 9.65 Å². The van der Waals surface area contributed by atoms with Gasteiger partial charge in [0.25, 0.3) is 0 Å². The summed E-state index contributed by atoms with van der Waals surface area (Å²) in [6.45, 7) is 7.77. The van der Waals surface area contributed by atoms with E-state index in [1.807, 2.05) is 100 Å². The Balaban J connectivity index is 1.66. The van der Waals surface area contributed by atoms with Crippen molar-refractivity contribution < 1.29 is 22.0 Å². The maximum Gasteiger partial charge on any atom is 0.200 e. The van der Waals surface area contributed by atoms with Crippen molar-refractivity contribution in [3.8, 4) is 28.6 Å². The molecule has 0 bridgehead atoms. The summed E-state index contributed by atoms with van der Waals surface area (Å²) in [6.07, 6.45) is 0. The standard InChI is InChI=1S/C41H26F5N3/c1-20-5-9-29-25(13-20)26-14-21(2)6-10-30(26)48(29)33-17-24(19-47)18-34(35(33)36-37(42)39(44)41(46)40(45)38(36)43)49-31-11-7-22(3)15-27(31)28-16-23(4)8-12-32(28)49/h5-18H,1-4H3. The summed E-state index contributed by atoms with van der Waals surface area (Å²) >= 11 is 0. The van der Waals surface area contributed by atoms with Crippen molar-refractivity contribution in [2.75, 3.05) is 0 Å². The molecule has 0 aliphatic rings. The summed E-state index contributed by atoms with van der Waals surface area (Å²) < 4.78 is 80.7. The largest absolute Gasteiger partial charge is 0.308 e. The van der Waals surface area contributed by atoms with Gasteiger partial charge in [0.1, 0.15) is 0 Å². The van der Waals surface area contributed by atoms with E-state index >= 15 is 17.6 Å². The number of aromatic nitrogens is 2. The molecule has 8 aromatic rings. The van der Waals surface area contributed by atoms with E-state index in [0.29, 0.717) is 22.1 Å². The Morgan fingerprint density at radius 2 is 0.735 bits per heavy atom. The van der Waals surface area contributed by atoms with Crippen LogP contribution >= 0.6 is 0 Å². The summed E-state index contributed by atoms with van der Waals surface area (Å²) in [5.41, 5.74) is 5.34. The van der Waals surface area contributed by atoms with Crippen molar-refractivity contribution in [2.45, 2.75) is 27.7 Å². The van der Waals surface area contributed by atoms with Crippen LogP contribution in [0.2, 0.25) is 0 Å². The molecule has 0 aliphatic carbocycles. The SMILES string of the molecule is Cc1ccc2c(c1)c1cc(C)ccc1n2-c1cc(C#N)cc(-n2c3ccc(C)cc3c3cc(C)ccc32)c1-c1c(F)c(F)c(F)c(F)c1F. The Bertz CT molecular complexity index is 2490. The molecule has 2 heterocycles. The topological polar surface area (TPSA) is 33.6 Å². The number of benzene rings is 6. The normalized spacial score (nSPS) is 11.8. The first-order valence-corrected chi connectivity index (χ1v) is 15.6. The molecule has 0 atom stereocenters. The van der Waals surface area contributed by atoms with Crippen LogP contribution in [-0.2, 0) is 0 Å². The summed E-state index contributed by atoms with van der Waals surface area (Å²) in [5.74, 6) is -10.3. The molecule has 0 amide bonds. The van der Waals surface area contributed by atoms with E-state index in [4.69, 9.17) is 0 Å². The number of rotatable bonds is 3. The molecule has 0 saturated carbocycles. The highest BCUT2D eigenvalue weighted by Crippen LogP contribution is 2.45. The minimum Gasteiger partial charge on any atom is -0.308 e. The van der Waals surface area contributed by atoms with Gasteiger partial charge in [-0.25, -0.2) is 22.0 Å². The molecule has 0 aliphatic heterocycles. The lowest BCUT2D eigenvalue weighted by atomic mass is 9.96. The third-order valence-electron chi connectivity index (χ3n) is 9.32. The fourth-order valence-corrected chi connectivity index (χ4v) is 7.13. The van der Waals surface area contributed by atoms with Crippen molar-refractivity contribution >= 4 is 43.6 Å². The van der Waals surface area contributed by atoms with Gasteiger partial charge in [-0.3, -0.25) is 0 Å². The molecule has 8 heteroatoms. The van der Waals surface area contributed by atoms with E-state index in [-0.39, 0.29) is 22.5 Å². The predicted octanol–water partition coefficient (Wildman–Crippen LogP) is 11.3. The lowest BCUT2D eigenvalue weighted by Crippen LogP contribution is -2.10. The number of nitrogens with zero attached hydrogens (tertiary/aromatic N) is 3. The zero-order valence-electron chi connectivity index (χ0n) is 26.8. The third kappa shape index (κ3) is 4.39. The average Bonchev–Trinajstić information content (AvgIpc) is 3.57. The van der Waals surface area contributed by atoms with Crippen molar-refractivity contribution in [1.29, 1.82) is 5.26 Å². The molecule has 0 N–H and O–H groups in total. The molecule has 6 aromatic carbocycles. The van der Waals surface area contributed by atoms with Gasteiger partial charge < -0.3 is 9.13 Å². The molecule has 3 nitrogen and oxygen atoms in total. The molecule has 49 heavy (non-hydrogen) atoms. The first-order chi connectivity index (χ1) is 23.5. The highest BCUT2D eigenvalue weighted by Gasteiger charge is 2.32. The second-order valence-electron chi connectivity index (χ2n) is 12.7. The van der Waals surface area contributed by atoms with Gasteiger partial charge in [-0.2, -0.15) is 5.26 Å². The Morgan fingerprint density at radius 3 is 1.04 bits per heavy atom. The van der Waals surface area contributed by atoms with E-state index in [2.05, 4.69) is 6.07 Å². The lowest BCUT2D eigenvalue weighted by molar-refractivity contribution is 0.381. The summed E-state index contributed by atoms with van der Waals surface area (Å²) in [4.78, 5) is 0. The van der Waals surface area contributed by atoms with Crippen LogP contribution in [0.15, 0.2) is 84.9 Å². The molecular formula is C41H26F5N3. The van der Waals surface area contributed by atoms with Crippen molar-refractivity contribution in [1.82, 2.24) is 9.13 Å². The van der Waals surface area contributed by atoms with Gasteiger partial charge in [-0.15, -0.1) is 0 Å². The number of hydrogen-bond donors (Lipinski definition) is 0. The first kappa shape index (κ1) is 30.4. The van der Waals surface area contributed by atoms with Gasteiger partial charge in [0.15, 0.2) is 23.3 Å². The Kier molecular flexibility index (Phi) is 6.69. The zero-order valence-corrected chi connectivity index (χ0v) is 26.8. The van der Waals surface area contributed by atoms with Crippen LogP contribution in [0.4, 0.5) is 22.0 Å². The van der Waals surface area contributed by atoms with Crippen LogP contribution in [0.1, 0.15) is 27.8 Å². The molecule has 2 aromatic heterocycles. The highest BCUT2D eigenvalue weighted by atomic mass is 19.2. The highest BCUT2D eigenvalue weighted by molar-refractivity contribution is 6.12. The lowest BCUT2D eigenvalue weighted by Gasteiger charge is -2.22. The van der Waals surface area contributed by atoms with Gasteiger partial charge in [0.05, 0.1) is 50.6 Å². The maximum absolute atomic E-state index is 16.2. The number of fused-ring (bicyclic) bond motifs is 6. The van der Waals surface area contributed by atoms with Gasteiger partial charge in [-0.05, 0) is 88.4 Å². The van der Waals surface area contributed by atoms with Gasteiger partial charge in [-0.1, -0.05) is 46.5 Å². The maximum atomic E-state index is 16.2. The average molecular weight is 656 g/mol. The van der Waals surface area contributed by atoms with E-state index < -0.39 is 34.6 Å². The van der Waals surface area contributed by atoms with Crippen molar-refractivity contribution in [3.63, 3.8) is 0 Å². The molecule has 8 rings (SSSR count). The van der Waals surface area contributed by atoms with Crippen molar-refractivity contribution in [3.05, 3.63) is 142 Å². The molecule has 240 valence electrons. The fourth-order valence-electron chi connectivity index (χ4n) is 7.13. The van der Waals surface area contributed by atoms with Gasteiger partial charge >= 0.3 is 0 Å². The molecule has 0 unspecified atom stereocenters. The molecule has 0 spiro atoms. The number of hydrogen-bond acceptors (Lipinski definition) is 1. The number of aryl methyl sites for hydroxylation is 4. The van der Waals surface area contributed by atoms with Crippen LogP contribution in [-0.4, -0.2) is 9.13 Å². The van der Waals surface area contributed by atoms with E-state index in [1.165, 1.54) is 12.1 Å². The van der Waals surface area contributed by atoms with Crippen LogP contribution in [0, 0.1) is 68.1 Å². The Hall–Kier alpha value is -5.94. The van der Waals surface area contributed by atoms with Crippen LogP contribution in [0.3, 0.4) is 0 Å². The number of nitriles is 1. The smallest absolute Gasteiger partial charge is 0.200 e. The van der Waals surface area contributed by atoms with Crippen LogP contribution < -0.4 is 0 Å². The molecule has 0 radical (unpaired) electrons. The van der Waals surface area contributed by atoms with Gasteiger partial charge in [0.2, 0.25) is 5.82 Å². The van der Waals surface area contributed by atoms with Crippen LogP contribution in [0.25, 0.3) is 66.1 Å². The zero-order chi connectivity index (χ0) is 34.5. The number of halogens is 5. The minimum absolute atomic E-state index is 0.0826. The predicted molar refractivity (Wildman–Crippen MR) is 184 cm³/mol. The van der Waals surface area contributed by atoms with E-state index in [0.717, 1.165) is 43.8 Å². The first-order valence-electron chi connectivity index (χ1n) is 15.6. The second-order valence-corrected chi connectivity index (χ2v) is 12.7. The third-order valence-corrected chi connectivity index (χ3v) is 9.32. The Labute approximate surface area is 277 Å². The quantitative estimate of drug-likeness (QED) is 0.106. The summed E-state index contributed by atoms with van der Waals surface area (Å²) in [6, 6.07) is 28.0. The second kappa shape index (κ2) is 10.8. The summed E-state index contributed by atoms with van der Waals surface area (Å²) in [7, 11) is 0.